The summed E-state index contributed by atoms with van der Waals surface area (Å²) in [7, 11) is 0. The summed E-state index contributed by atoms with van der Waals surface area (Å²) in [5, 5.41) is 10.5. The molecule has 0 saturated heterocycles. The largest absolute Gasteiger partial charge is 0.289 e. The van der Waals surface area contributed by atoms with E-state index in [9.17, 15) is 14.9 Å². The zero-order chi connectivity index (χ0) is 13.8. The van der Waals surface area contributed by atoms with Gasteiger partial charge in [-0.15, -0.1) is 11.3 Å². The van der Waals surface area contributed by atoms with Crippen LogP contribution in [0.15, 0.2) is 42.5 Å². The number of benzene rings is 1. The molecule has 0 aliphatic heterocycles. The number of hydrogen-bond acceptors (Lipinski definition) is 4. The molecule has 2 rings (SSSR count). The summed E-state index contributed by atoms with van der Waals surface area (Å²) < 4.78 is 0. The molecule has 2 aromatic rings. The molecular weight excluding hydrogens is 262 g/mol. The number of non-ortho nitro benzene ring substituents is 1. The van der Waals surface area contributed by atoms with Gasteiger partial charge in [0.1, 0.15) is 0 Å². The Morgan fingerprint density at radius 3 is 2.42 bits per heavy atom. The van der Waals surface area contributed by atoms with Crippen LogP contribution >= 0.6 is 11.3 Å². The van der Waals surface area contributed by atoms with Crippen molar-refractivity contribution < 1.29 is 9.72 Å². The van der Waals surface area contributed by atoms with E-state index in [1.54, 1.807) is 17.4 Å². The molecule has 19 heavy (non-hydrogen) atoms. The smallest absolute Gasteiger partial charge is 0.269 e. The summed E-state index contributed by atoms with van der Waals surface area (Å²) in [5.41, 5.74) is 0.421. The number of ketones is 1. The number of carbonyl (C=O) groups excluding carboxylic acids is 1. The molecule has 0 bridgehead atoms. The first kappa shape index (κ1) is 13.2. The average molecular weight is 273 g/mol. The van der Waals surface area contributed by atoms with Crippen molar-refractivity contribution in [1.82, 2.24) is 0 Å². The molecule has 96 valence electrons. The predicted octanol–water partition coefficient (Wildman–Crippen LogP) is 3.86. The van der Waals surface area contributed by atoms with E-state index >= 15 is 0 Å². The fraction of sp³-hybridized carbons (Fsp3) is 0.0714. The molecule has 0 N–H and O–H groups in total. The van der Waals surface area contributed by atoms with Crippen molar-refractivity contribution in [3.05, 3.63) is 67.9 Å². The molecule has 0 atom stereocenters. The van der Waals surface area contributed by atoms with Crippen LogP contribution in [-0.4, -0.2) is 10.7 Å². The number of hydrogen-bond donors (Lipinski definition) is 0. The minimum atomic E-state index is -0.488. The molecule has 0 saturated carbocycles. The summed E-state index contributed by atoms with van der Waals surface area (Å²) in [5.74, 6) is -0.166. The number of rotatable bonds is 4. The molecule has 1 aromatic carbocycles. The van der Waals surface area contributed by atoms with Crippen LogP contribution in [0.3, 0.4) is 0 Å². The van der Waals surface area contributed by atoms with Gasteiger partial charge >= 0.3 is 0 Å². The maximum atomic E-state index is 11.9. The minimum absolute atomic E-state index is 0.0191. The number of nitro groups is 1. The van der Waals surface area contributed by atoms with Crippen LogP contribution in [0.2, 0.25) is 0 Å². The van der Waals surface area contributed by atoms with Gasteiger partial charge in [0.15, 0.2) is 5.78 Å². The van der Waals surface area contributed by atoms with Crippen molar-refractivity contribution in [2.75, 3.05) is 0 Å². The van der Waals surface area contributed by atoms with Crippen molar-refractivity contribution in [1.29, 1.82) is 0 Å². The Labute approximate surface area is 114 Å². The Hall–Kier alpha value is -2.27. The Balaban J connectivity index is 2.11. The summed E-state index contributed by atoms with van der Waals surface area (Å²) in [6.07, 6.45) is 3.23. The van der Waals surface area contributed by atoms with E-state index in [0.717, 1.165) is 4.88 Å². The van der Waals surface area contributed by atoms with Crippen LogP contribution in [0.4, 0.5) is 5.69 Å². The lowest BCUT2D eigenvalue weighted by Gasteiger charge is -1.95. The second-order valence-corrected chi connectivity index (χ2v) is 5.27. The number of nitro benzene ring substituents is 1. The lowest BCUT2D eigenvalue weighted by atomic mass is 10.1. The van der Waals surface area contributed by atoms with E-state index in [1.807, 2.05) is 19.1 Å². The van der Waals surface area contributed by atoms with Crippen LogP contribution < -0.4 is 0 Å². The normalized spacial score (nSPS) is 10.8. The summed E-state index contributed by atoms with van der Waals surface area (Å²) >= 11 is 1.60. The Bertz CT molecular complexity index is 641. The van der Waals surface area contributed by atoms with Gasteiger partial charge in [-0.3, -0.25) is 14.9 Å². The van der Waals surface area contributed by atoms with Gasteiger partial charge in [0.05, 0.1) is 4.92 Å². The van der Waals surface area contributed by atoms with Gasteiger partial charge in [-0.2, -0.15) is 0 Å². The maximum absolute atomic E-state index is 11.9. The second kappa shape index (κ2) is 5.58. The van der Waals surface area contributed by atoms with Crippen LogP contribution in [0, 0.1) is 17.0 Å². The van der Waals surface area contributed by atoms with E-state index in [4.69, 9.17) is 0 Å². The Morgan fingerprint density at radius 1 is 1.21 bits per heavy atom. The minimum Gasteiger partial charge on any atom is -0.289 e. The topological polar surface area (TPSA) is 60.2 Å². The van der Waals surface area contributed by atoms with Crippen molar-refractivity contribution in [3.8, 4) is 0 Å². The first-order chi connectivity index (χ1) is 9.06. The van der Waals surface area contributed by atoms with Gasteiger partial charge in [-0.1, -0.05) is 0 Å². The summed E-state index contributed by atoms with van der Waals surface area (Å²) in [4.78, 5) is 24.1. The Morgan fingerprint density at radius 2 is 1.89 bits per heavy atom. The monoisotopic (exact) mass is 273 g/mol. The molecule has 0 amide bonds. The molecule has 0 aliphatic carbocycles. The molecule has 1 heterocycles. The van der Waals surface area contributed by atoms with Gasteiger partial charge in [0.25, 0.3) is 5.69 Å². The van der Waals surface area contributed by atoms with Crippen LogP contribution in [0.5, 0.6) is 0 Å². The number of aryl methyl sites for hydroxylation is 1. The number of thiophene rings is 1. The first-order valence-corrected chi connectivity index (χ1v) is 6.41. The van der Waals surface area contributed by atoms with Crippen LogP contribution in [0.25, 0.3) is 6.08 Å². The van der Waals surface area contributed by atoms with Gasteiger partial charge in [-0.25, -0.2) is 0 Å². The molecule has 5 heteroatoms. The fourth-order valence-electron chi connectivity index (χ4n) is 1.54. The molecular formula is C14H11NO3S. The van der Waals surface area contributed by atoms with Crippen molar-refractivity contribution in [2.24, 2.45) is 0 Å². The predicted molar refractivity (Wildman–Crippen MR) is 75.5 cm³/mol. The molecule has 0 radical (unpaired) electrons. The number of allylic oxidation sites excluding steroid dienone is 1. The van der Waals surface area contributed by atoms with Gasteiger partial charge in [0.2, 0.25) is 0 Å². The first-order valence-electron chi connectivity index (χ1n) is 5.59. The van der Waals surface area contributed by atoms with E-state index in [1.165, 1.54) is 35.2 Å². The Kier molecular flexibility index (Phi) is 3.87. The lowest BCUT2D eigenvalue weighted by Crippen LogP contribution is -1.94. The third-order valence-electron chi connectivity index (χ3n) is 2.52. The summed E-state index contributed by atoms with van der Waals surface area (Å²) in [6.45, 7) is 2.00. The molecule has 0 unspecified atom stereocenters. The standard InChI is InChI=1S/C14H11NO3S/c1-10-2-7-13(19-10)8-9-14(16)11-3-5-12(6-4-11)15(17)18/h2-9H,1H3/b9-8+. The molecule has 1 aromatic heterocycles. The highest BCUT2D eigenvalue weighted by molar-refractivity contribution is 7.12. The van der Waals surface area contributed by atoms with E-state index in [0.29, 0.717) is 5.56 Å². The zero-order valence-electron chi connectivity index (χ0n) is 10.2. The molecule has 0 fully saturated rings. The number of carbonyl (C=O) groups is 1. The van der Waals surface area contributed by atoms with Gasteiger partial charge < -0.3 is 0 Å². The third kappa shape index (κ3) is 3.35. The SMILES string of the molecule is Cc1ccc(/C=C/C(=O)c2ccc([N+](=O)[O-])cc2)s1. The van der Waals surface area contributed by atoms with Gasteiger partial charge in [-0.05, 0) is 43.3 Å². The fourth-order valence-corrected chi connectivity index (χ4v) is 2.32. The second-order valence-electron chi connectivity index (χ2n) is 3.95. The van der Waals surface area contributed by atoms with E-state index < -0.39 is 4.92 Å². The van der Waals surface area contributed by atoms with Crippen molar-refractivity contribution >= 4 is 28.9 Å². The molecule has 4 nitrogen and oxygen atoms in total. The quantitative estimate of drug-likeness (QED) is 0.368. The highest BCUT2D eigenvalue weighted by Gasteiger charge is 2.07. The molecule has 0 spiro atoms. The third-order valence-corrected chi connectivity index (χ3v) is 3.49. The lowest BCUT2D eigenvalue weighted by molar-refractivity contribution is -0.384. The zero-order valence-corrected chi connectivity index (χ0v) is 11.0. The maximum Gasteiger partial charge on any atom is 0.269 e. The van der Waals surface area contributed by atoms with Crippen molar-refractivity contribution in [2.45, 2.75) is 6.92 Å². The van der Waals surface area contributed by atoms with Crippen LogP contribution in [0.1, 0.15) is 20.1 Å². The average Bonchev–Trinajstić information content (AvgIpc) is 2.82. The van der Waals surface area contributed by atoms with Crippen molar-refractivity contribution in [3.63, 3.8) is 0 Å². The van der Waals surface area contributed by atoms with Crippen LogP contribution in [-0.2, 0) is 0 Å². The highest BCUT2D eigenvalue weighted by atomic mass is 32.1. The van der Waals surface area contributed by atoms with E-state index in [2.05, 4.69) is 0 Å². The summed E-state index contributed by atoms with van der Waals surface area (Å²) in [6, 6.07) is 9.52. The number of nitrogens with zero attached hydrogens (tertiary/aromatic N) is 1. The van der Waals surface area contributed by atoms with E-state index in [-0.39, 0.29) is 11.5 Å². The highest BCUT2D eigenvalue weighted by Crippen LogP contribution is 2.17. The molecule has 0 aliphatic rings. The van der Waals surface area contributed by atoms with Gasteiger partial charge in [0, 0.05) is 27.5 Å².